The Labute approximate surface area is 207 Å². The summed E-state index contributed by atoms with van der Waals surface area (Å²) in [7, 11) is 0. The van der Waals surface area contributed by atoms with Gasteiger partial charge in [0.25, 0.3) is 0 Å². The molecule has 3 aromatic rings. The van der Waals surface area contributed by atoms with E-state index in [1.807, 2.05) is 31.2 Å². The van der Waals surface area contributed by atoms with Crippen LogP contribution in [-0.4, -0.2) is 40.9 Å². The quantitative estimate of drug-likeness (QED) is 0.514. The van der Waals surface area contributed by atoms with Gasteiger partial charge in [0.2, 0.25) is 11.8 Å². The highest BCUT2D eigenvalue weighted by Crippen LogP contribution is 2.48. The molecule has 2 unspecified atom stereocenters. The smallest absolute Gasteiger partial charge is 0.233 e. The number of piperidine rings is 2. The highest BCUT2D eigenvalue weighted by atomic mass is 35.5. The number of carbonyl (C=O) groups is 2. The minimum absolute atomic E-state index is 0.0297. The van der Waals surface area contributed by atoms with E-state index >= 15 is 0 Å². The molecule has 6 rings (SSSR count). The van der Waals surface area contributed by atoms with Crippen LogP contribution in [0.2, 0.25) is 5.02 Å². The number of hydrogen-bond donors (Lipinski definition) is 1. The van der Waals surface area contributed by atoms with Crippen LogP contribution in [0.15, 0.2) is 30.5 Å². The molecule has 4 atom stereocenters. The third-order valence-electron chi connectivity index (χ3n) is 7.24. The maximum atomic E-state index is 12.5. The molecule has 2 aliphatic heterocycles. The van der Waals surface area contributed by atoms with Crippen molar-refractivity contribution in [3.63, 3.8) is 0 Å². The summed E-state index contributed by atoms with van der Waals surface area (Å²) in [6, 6.07) is 7.89. The van der Waals surface area contributed by atoms with Gasteiger partial charge in [-0.3, -0.25) is 19.5 Å². The zero-order valence-electron chi connectivity index (χ0n) is 19.1. The average molecular weight is 496 g/mol. The van der Waals surface area contributed by atoms with Gasteiger partial charge >= 0.3 is 0 Å². The van der Waals surface area contributed by atoms with Gasteiger partial charge in [0.15, 0.2) is 0 Å². The van der Waals surface area contributed by atoms with Gasteiger partial charge in [0, 0.05) is 39.7 Å². The summed E-state index contributed by atoms with van der Waals surface area (Å²) in [5.74, 6) is 1.04. The molecular weight excluding hydrogens is 470 g/mol. The number of nitrogens with one attached hydrogen (secondary N) is 1. The second-order valence-corrected chi connectivity index (χ2v) is 11.3. The van der Waals surface area contributed by atoms with Crippen molar-refractivity contribution in [2.75, 3.05) is 13.1 Å². The fraction of sp³-hybridized carbons (Fsp3) is 0.423. The standard InChI is InChI=1S/C26H26ClN3O3S/c1-13-7-15(27)8-18(23(13)33-22-4-5-28-11-14(22)2)17-3-6-29-21-9-16(34-24(17)21)12-30-25(31)19-10-20(19)26(30)32/h3,6-9,14,19-20,22,28H,4-5,10-12H2,1-2H3/t14-,19?,20?,22+/m0/s1. The second kappa shape index (κ2) is 8.33. The Hall–Kier alpha value is -2.48. The number of nitrogens with zero attached hydrogens (tertiary/aromatic N) is 2. The van der Waals surface area contributed by atoms with E-state index in [-0.39, 0.29) is 29.8 Å². The van der Waals surface area contributed by atoms with Crippen molar-refractivity contribution in [2.24, 2.45) is 17.8 Å². The van der Waals surface area contributed by atoms with Crippen LogP contribution in [0, 0.1) is 24.7 Å². The summed E-state index contributed by atoms with van der Waals surface area (Å²) >= 11 is 8.08. The summed E-state index contributed by atoms with van der Waals surface area (Å²) in [5.41, 5.74) is 3.81. The predicted octanol–water partition coefficient (Wildman–Crippen LogP) is 4.81. The first-order valence-electron chi connectivity index (χ1n) is 11.8. The monoisotopic (exact) mass is 495 g/mol. The van der Waals surface area contributed by atoms with Crippen molar-refractivity contribution < 1.29 is 14.3 Å². The van der Waals surface area contributed by atoms with Gasteiger partial charge < -0.3 is 10.1 Å². The van der Waals surface area contributed by atoms with Crippen molar-refractivity contribution in [3.8, 4) is 16.9 Å². The number of likely N-dealkylation sites (tertiary alicyclic amines) is 1. The molecule has 1 aromatic carbocycles. The number of benzene rings is 1. The summed E-state index contributed by atoms with van der Waals surface area (Å²) in [6.07, 6.45) is 3.61. The molecule has 1 N–H and O–H groups in total. The minimum atomic E-state index is -0.0814. The molecule has 2 aromatic heterocycles. The number of thiophene rings is 1. The molecule has 6 nitrogen and oxygen atoms in total. The number of amides is 2. The van der Waals surface area contributed by atoms with Crippen LogP contribution in [0.1, 0.15) is 30.2 Å². The number of rotatable bonds is 5. The molecular formula is C26H26ClN3O3S. The number of hydrogen-bond acceptors (Lipinski definition) is 6. The lowest BCUT2D eigenvalue weighted by Crippen LogP contribution is -2.41. The maximum Gasteiger partial charge on any atom is 0.233 e. The van der Waals surface area contributed by atoms with E-state index in [1.54, 1.807) is 17.5 Å². The molecule has 3 fully saturated rings. The van der Waals surface area contributed by atoms with Crippen LogP contribution in [-0.2, 0) is 16.1 Å². The van der Waals surface area contributed by atoms with Crippen LogP contribution < -0.4 is 10.1 Å². The fourth-order valence-electron chi connectivity index (χ4n) is 5.24. The highest BCUT2D eigenvalue weighted by molar-refractivity contribution is 7.19. The van der Waals surface area contributed by atoms with Crippen molar-refractivity contribution >= 4 is 45.0 Å². The van der Waals surface area contributed by atoms with Gasteiger partial charge in [0.05, 0.1) is 28.6 Å². The Morgan fingerprint density at radius 1 is 1.21 bits per heavy atom. The molecule has 2 saturated heterocycles. The number of imide groups is 1. The van der Waals surface area contributed by atoms with Crippen LogP contribution in [0.5, 0.6) is 5.75 Å². The van der Waals surface area contributed by atoms with E-state index in [9.17, 15) is 9.59 Å². The van der Waals surface area contributed by atoms with Crippen LogP contribution in [0.3, 0.4) is 0 Å². The van der Waals surface area contributed by atoms with Crippen LogP contribution in [0.4, 0.5) is 0 Å². The van der Waals surface area contributed by atoms with Crippen molar-refractivity contribution in [3.05, 3.63) is 45.9 Å². The molecule has 0 bridgehead atoms. The van der Waals surface area contributed by atoms with Gasteiger partial charge in [-0.05, 0) is 56.1 Å². The molecule has 1 aliphatic carbocycles. The molecule has 3 aliphatic rings. The second-order valence-electron chi connectivity index (χ2n) is 9.72. The van der Waals surface area contributed by atoms with Gasteiger partial charge in [-0.1, -0.05) is 18.5 Å². The topological polar surface area (TPSA) is 71.5 Å². The number of aryl methyl sites for hydroxylation is 1. The summed E-state index contributed by atoms with van der Waals surface area (Å²) in [6.45, 7) is 6.44. The predicted molar refractivity (Wildman–Crippen MR) is 133 cm³/mol. The van der Waals surface area contributed by atoms with E-state index in [0.717, 1.165) is 63.5 Å². The first-order valence-corrected chi connectivity index (χ1v) is 13.0. The van der Waals surface area contributed by atoms with E-state index in [1.165, 1.54) is 4.90 Å². The van der Waals surface area contributed by atoms with Crippen LogP contribution >= 0.6 is 22.9 Å². The number of pyridine rings is 1. The first-order chi connectivity index (χ1) is 16.4. The van der Waals surface area contributed by atoms with E-state index < -0.39 is 0 Å². The molecule has 0 spiro atoms. The number of halogens is 1. The van der Waals surface area contributed by atoms with Crippen molar-refractivity contribution in [1.29, 1.82) is 0 Å². The van der Waals surface area contributed by atoms with E-state index in [0.29, 0.717) is 17.5 Å². The van der Waals surface area contributed by atoms with Gasteiger partial charge in [-0.2, -0.15) is 0 Å². The average Bonchev–Trinajstić information content (AvgIpc) is 3.45. The fourth-order valence-corrected chi connectivity index (χ4v) is 6.65. The Morgan fingerprint density at radius 2 is 2.00 bits per heavy atom. The Kier molecular flexibility index (Phi) is 5.39. The zero-order valence-corrected chi connectivity index (χ0v) is 20.7. The number of carbonyl (C=O) groups excluding carboxylic acids is 2. The van der Waals surface area contributed by atoms with E-state index in [2.05, 4.69) is 17.2 Å². The molecule has 0 radical (unpaired) electrons. The van der Waals surface area contributed by atoms with Gasteiger partial charge in [-0.15, -0.1) is 11.3 Å². The Balaban J connectivity index is 1.38. The minimum Gasteiger partial charge on any atom is -0.489 e. The third-order valence-corrected chi connectivity index (χ3v) is 8.60. The molecule has 34 heavy (non-hydrogen) atoms. The first kappa shape index (κ1) is 22.0. The van der Waals surface area contributed by atoms with Crippen molar-refractivity contribution in [1.82, 2.24) is 15.2 Å². The molecule has 1 saturated carbocycles. The molecule has 4 heterocycles. The summed E-state index contributed by atoms with van der Waals surface area (Å²) in [5, 5.41) is 4.09. The number of ether oxygens (including phenoxy) is 1. The number of fused-ring (bicyclic) bond motifs is 2. The van der Waals surface area contributed by atoms with Crippen molar-refractivity contribution in [2.45, 2.75) is 39.3 Å². The molecule has 2 amide bonds. The third kappa shape index (κ3) is 3.70. The summed E-state index contributed by atoms with van der Waals surface area (Å²) < 4.78 is 7.64. The SMILES string of the molecule is Cc1cc(Cl)cc(-c2ccnc3cc(CN4C(=O)C5CC5C4=O)sc23)c1O[C@@H]1CCNC[C@@H]1C. The number of aromatic nitrogens is 1. The Morgan fingerprint density at radius 3 is 2.76 bits per heavy atom. The lowest BCUT2D eigenvalue weighted by molar-refractivity contribution is -0.141. The molecule has 8 heteroatoms. The lowest BCUT2D eigenvalue weighted by Gasteiger charge is -2.31. The zero-order chi connectivity index (χ0) is 23.6. The highest BCUT2D eigenvalue weighted by Gasteiger charge is 2.58. The van der Waals surface area contributed by atoms with E-state index in [4.69, 9.17) is 16.3 Å². The maximum absolute atomic E-state index is 12.5. The largest absolute Gasteiger partial charge is 0.489 e. The Bertz CT molecular complexity index is 1300. The van der Waals surface area contributed by atoms with Gasteiger partial charge in [-0.25, -0.2) is 0 Å². The summed E-state index contributed by atoms with van der Waals surface area (Å²) in [4.78, 5) is 31.9. The van der Waals surface area contributed by atoms with Gasteiger partial charge in [0.1, 0.15) is 11.9 Å². The van der Waals surface area contributed by atoms with Crippen LogP contribution in [0.25, 0.3) is 21.3 Å². The normalized spacial score (nSPS) is 26.3. The lowest BCUT2D eigenvalue weighted by atomic mass is 9.97. The molecule has 176 valence electrons.